The van der Waals surface area contributed by atoms with Gasteiger partial charge in [-0.15, -0.1) is 0 Å². The van der Waals surface area contributed by atoms with Gasteiger partial charge in [-0.25, -0.2) is 18.2 Å². The van der Waals surface area contributed by atoms with Crippen LogP contribution in [0.5, 0.6) is 17.6 Å². The Hall–Kier alpha value is -3.90. The van der Waals surface area contributed by atoms with Crippen molar-refractivity contribution in [3.63, 3.8) is 0 Å². The largest absolute Gasteiger partial charge is 0.508 e. The van der Waals surface area contributed by atoms with Gasteiger partial charge in [-0.05, 0) is 55.8 Å². The summed E-state index contributed by atoms with van der Waals surface area (Å²) < 4.78 is 59.1. The van der Waals surface area contributed by atoms with Crippen molar-refractivity contribution in [2.75, 3.05) is 37.7 Å². The molecule has 5 atom stereocenters. The first-order chi connectivity index (χ1) is 21.4. The third-order valence-electron chi connectivity index (χ3n) is 10.3. The number of nitrogens with one attached hydrogen (secondary N) is 1. The van der Waals surface area contributed by atoms with Gasteiger partial charge in [0.15, 0.2) is 5.82 Å². The molecule has 9 rings (SSSR count). The molecular weight excluding hydrogens is 573 g/mol. The zero-order valence-corrected chi connectivity index (χ0v) is 23.9. The van der Waals surface area contributed by atoms with E-state index in [-0.39, 0.29) is 71.1 Å². The van der Waals surface area contributed by atoms with E-state index < -0.39 is 23.3 Å². The van der Waals surface area contributed by atoms with E-state index in [2.05, 4.69) is 25.1 Å². The van der Waals surface area contributed by atoms with Crippen LogP contribution in [0.4, 0.5) is 19.0 Å². The Labute approximate surface area is 251 Å². The molecule has 2 aromatic carbocycles. The van der Waals surface area contributed by atoms with E-state index in [1.54, 1.807) is 6.07 Å². The van der Waals surface area contributed by atoms with Gasteiger partial charge in [0.1, 0.15) is 53.4 Å². The van der Waals surface area contributed by atoms with E-state index in [9.17, 15) is 9.50 Å². The number of alkyl halides is 1. The van der Waals surface area contributed by atoms with Crippen molar-refractivity contribution in [1.82, 2.24) is 25.2 Å². The lowest BCUT2D eigenvalue weighted by Crippen LogP contribution is -2.60. The van der Waals surface area contributed by atoms with Gasteiger partial charge in [-0.1, -0.05) is 12.1 Å². The number of rotatable bonds is 4. The molecule has 0 amide bonds. The molecule has 2 unspecified atom stereocenters. The zero-order valence-electron chi connectivity index (χ0n) is 23.9. The van der Waals surface area contributed by atoms with E-state index in [1.165, 1.54) is 24.3 Å². The number of aromatic hydroxyl groups is 1. The van der Waals surface area contributed by atoms with Crippen LogP contribution < -0.4 is 19.7 Å². The molecule has 0 radical (unpaired) electrons. The molecule has 44 heavy (non-hydrogen) atoms. The standard InChI is InChI=1S/C32H31F3N6O3/c33-17-11-32(7-2-8-40(32)12-17)15-44-31-38-28-25-29(39-31)41-13-18-5-6-22(36-18)23(41)14-43-30(25)37-27(26(28)35)20-10-19(42)9-16-3-1-4-21(34)24(16)20/h1,3-4,9-10,17-18,22-23,36,42H,2,5-8,11-15H2/t17-,18?,22?,23+,32+/m0/s1. The average Bonchev–Trinajstić information content (AvgIpc) is 3.64. The van der Waals surface area contributed by atoms with Crippen molar-refractivity contribution in [1.29, 1.82) is 0 Å². The topological polar surface area (TPSA) is 95.9 Å². The fraction of sp³-hybridized carbons (Fsp3) is 0.469. The number of aromatic nitrogens is 3. The van der Waals surface area contributed by atoms with Crippen molar-refractivity contribution >= 4 is 27.5 Å². The van der Waals surface area contributed by atoms with Crippen LogP contribution >= 0.6 is 0 Å². The SMILES string of the molecule is Oc1cc(-c2nc3c4c(nc(OC[C@]56CCCN5C[C@@H](F)C6)nc4c2F)N2CC4CCC(N4)[C@H]2CO3)c2c(F)cccc2c1. The molecule has 4 aromatic rings. The molecule has 0 saturated carbocycles. The average molecular weight is 605 g/mol. The Balaban J connectivity index is 1.23. The number of benzene rings is 2. The molecule has 5 aliphatic heterocycles. The van der Waals surface area contributed by atoms with Crippen molar-refractivity contribution < 1.29 is 27.8 Å². The molecule has 228 valence electrons. The van der Waals surface area contributed by atoms with Crippen molar-refractivity contribution in [2.24, 2.45) is 0 Å². The second-order valence-electron chi connectivity index (χ2n) is 12.9. The summed E-state index contributed by atoms with van der Waals surface area (Å²) in [6, 6.07) is 7.54. The minimum Gasteiger partial charge on any atom is -0.508 e. The minimum atomic E-state index is -0.915. The molecule has 4 fully saturated rings. The lowest BCUT2D eigenvalue weighted by atomic mass is 9.95. The molecule has 5 aliphatic rings. The maximum Gasteiger partial charge on any atom is 0.319 e. The Morgan fingerprint density at radius 2 is 2.02 bits per heavy atom. The Morgan fingerprint density at radius 1 is 1.11 bits per heavy atom. The number of hydrogen-bond acceptors (Lipinski definition) is 9. The Bertz CT molecular complexity index is 1840. The second kappa shape index (κ2) is 9.55. The second-order valence-corrected chi connectivity index (χ2v) is 12.9. The molecule has 2 aromatic heterocycles. The Kier molecular flexibility index (Phi) is 5.75. The molecule has 2 N–H and O–H groups in total. The first-order valence-electron chi connectivity index (χ1n) is 15.4. The van der Waals surface area contributed by atoms with Crippen LogP contribution in [0.1, 0.15) is 32.1 Å². The first kappa shape index (κ1) is 26.5. The number of phenolic OH excluding ortho intramolecular Hbond substituents is 1. The Morgan fingerprint density at radius 3 is 2.93 bits per heavy atom. The van der Waals surface area contributed by atoms with Crippen molar-refractivity contribution in [3.8, 4) is 28.9 Å². The molecule has 2 bridgehead atoms. The third kappa shape index (κ3) is 3.89. The number of ether oxygens (including phenoxy) is 2. The fourth-order valence-electron chi connectivity index (χ4n) is 8.36. The highest BCUT2D eigenvalue weighted by molar-refractivity contribution is 6.02. The number of anilines is 1. The molecule has 9 nitrogen and oxygen atoms in total. The van der Waals surface area contributed by atoms with Crippen LogP contribution in [-0.4, -0.2) is 87.6 Å². The number of hydrogen-bond donors (Lipinski definition) is 2. The van der Waals surface area contributed by atoms with Gasteiger partial charge in [0, 0.05) is 42.5 Å². The van der Waals surface area contributed by atoms with Gasteiger partial charge >= 0.3 is 6.01 Å². The van der Waals surface area contributed by atoms with Crippen LogP contribution in [-0.2, 0) is 0 Å². The molecule has 4 saturated heterocycles. The number of phenols is 1. The van der Waals surface area contributed by atoms with Crippen LogP contribution in [0.2, 0.25) is 0 Å². The minimum absolute atomic E-state index is 0.00323. The molecule has 12 heteroatoms. The van der Waals surface area contributed by atoms with Gasteiger partial charge in [0.2, 0.25) is 5.88 Å². The van der Waals surface area contributed by atoms with Crippen LogP contribution in [0.25, 0.3) is 32.9 Å². The van der Waals surface area contributed by atoms with E-state index in [1.807, 2.05) is 0 Å². The fourth-order valence-corrected chi connectivity index (χ4v) is 8.36. The molecular formula is C32H31F3N6O3. The highest BCUT2D eigenvalue weighted by atomic mass is 19.1. The monoisotopic (exact) mass is 604 g/mol. The van der Waals surface area contributed by atoms with E-state index in [0.717, 1.165) is 32.2 Å². The van der Waals surface area contributed by atoms with Gasteiger partial charge < -0.3 is 24.8 Å². The summed E-state index contributed by atoms with van der Waals surface area (Å²) in [5, 5.41) is 15.0. The van der Waals surface area contributed by atoms with E-state index in [4.69, 9.17) is 14.5 Å². The highest BCUT2D eigenvalue weighted by Gasteiger charge is 2.50. The summed E-state index contributed by atoms with van der Waals surface area (Å²) in [5.74, 6) is -0.881. The van der Waals surface area contributed by atoms with Crippen molar-refractivity contribution in [2.45, 2.75) is 61.9 Å². The lowest BCUT2D eigenvalue weighted by molar-refractivity contribution is 0.107. The van der Waals surface area contributed by atoms with Crippen LogP contribution in [0.3, 0.4) is 0 Å². The highest BCUT2D eigenvalue weighted by Crippen LogP contribution is 2.45. The zero-order chi connectivity index (χ0) is 29.7. The van der Waals surface area contributed by atoms with Crippen LogP contribution in [0.15, 0.2) is 30.3 Å². The van der Waals surface area contributed by atoms with Gasteiger partial charge in [-0.2, -0.15) is 9.97 Å². The maximum atomic E-state index is 16.8. The quantitative estimate of drug-likeness (QED) is 0.350. The van der Waals surface area contributed by atoms with Gasteiger partial charge in [-0.3, -0.25) is 4.90 Å². The van der Waals surface area contributed by atoms with Crippen molar-refractivity contribution in [3.05, 3.63) is 42.0 Å². The summed E-state index contributed by atoms with van der Waals surface area (Å²) in [6.45, 7) is 2.34. The molecule has 0 aliphatic carbocycles. The van der Waals surface area contributed by atoms with Crippen LogP contribution in [0, 0.1) is 11.6 Å². The summed E-state index contributed by atoms with van der Waals surface area (Å²) >= 11 is 0. The summed E-state index contributed by atoms with van der Waals surface area (Å²) in [5.41, 5.74) is -0.593. The predicted octanol–water partition coefficient (Wildman–Crippen LogP) is 4.49. The lowest BCUT2D eigenvalue weighted by Gasteiger charge is -2.40. The molecule has 0 spiro atoms. The normalized spacial score (nSPS) is 29.1. The number of pyridine rings is 1. The first-order valence-corrected chi connectivity index (χ1v) is 15.4. The number of piperazine rings is 1. The van der Waals surface area contributed by atoms with Gasteiger partial charge in [0.25, 0.3) is 0 Å². The smallest absolute Gasteiger partial charge is 0.319 e. The third-order valence-corrected chi connectivity index (χ3v) is 10.3. The predicted molar refractivity (Wildman–Crippen MR) is 157 cm³/mol. The number of nitrogens with zero attached hydrogens (tertiary/aromatic N) is 5. The summed E-state index contributed by atoms with van der Waals surface area (Å²) in [6.07, 6.45) is 3.24. The maximum absolute atomic E-state index is 16.8. The summed E-state index contributed by atoms with van der Waals surface area (Å²) in [4.78, 5) is 18.3. The number of halogens is 3. The van der Waals surface area contributed by atoms with Gasteiger partial charge in [0.05, 0.1) is 11.6 Å². The summed E-state index contributed by atoms with van der Waals surface area (Å²) in [7, 11) is 0. The van der Waals surface area contributed by atoms with E-state index >= 15 is 8.78 Å². The molecule has 7 heterocycles. The van der Waals surface area contributed by atoms with E-state index in [0.29, 0.717) is 36.1 Å². The number of fused-ring (bicyclic) bond motifs is 7.